The summed E-state index contributed by atoms with van der Waals surface area (Å²) in [6.45, 7) is 2.85. The van der Waals surface area contributed by atoms with Crippen LogP contribution in [-0.2, 0) is 0 Å². The summed E-state index contributed by atoms with van der Waals surface area (Å²) >= 11 is 1.57. The summed E-state index contributed by atoms with van der Waals surface area (Å²) in [5.41, 5.74) is 0.493. The lowest BCUT2D eigenvalue weighted by atomic mass is 10.0. The second-order valence-electron chi connectivity index (χ2n) is 4.07. The molecular weight excluding hydrogens is 252 g/mol. The molecule has 96 valence electrons. The van der Waals surface area contributed by atoms with E-state index in [4.69, 9.17) is 0 Å². The average Bonchev–Trinajstić information content (AvgIpc) is 2.85. The smallest absolute Gasteiger partial charge is 0.131 e. The summed E-state index contributed by atoms with van der Waals surface area (Å²) in [4.78, 5) is 1.04. The molecule has 0 aliphatic rings. The van der Waals surface area contributed by atoms with Crippen molar-refractivity contribution in [3.63, 3.8) is 0 Å². The fraction of sp³-hybridized carbons (Fsp3) is 0.286. The Hall–Kier alpha value is -1.26. The van der Waals surface area contributed by atoms with Gasteiger partial charge in [0, 0.05) is 16.5 Å². The summed E-state index contributed by atoms with van der Waals surface area (Å²) in [6.07, 6.45) is 0.963. The van der Waals surface area contributed by atoms with E-state index in [1.54, 1.807) is 11.3 Å². The highest BCUT2D eigenvalue weighted by atomic mass is 32.1. The molecule has 4 heteroatoms. The van der Waals surface area contributed by atoms with Crippen LogP contribution in [-0.4, -0.2) is 6.54 Å². The topological polar surface area (TPSA) is 12.0 Å². The first-order chi connectivity index (χ1) is 8.72. The normalized spacial score (nSPS) is 12.6. The number of thiophene rings is 1. The fourth-order valence-electron chi connectivity index (χ4n) is 1.84. The van der Waals surface area contributed by atoms with Crippen LogP contribution in [0.5, 0.6) is 0 Å². The van der Waals surface area contributed by atoms with E-state index in [0.29, 0.717) is 5.56 Å². The highest BCUT2D eigenvalue weighted by Crippen LogP contribution is 2.28. The van der Waals surface area contributed by atoms with E-state index in [0.717, 1.165) is 23.9 Å². The highest BCUT2D eigenvalue weighted by molar-refractivity contribution is 7.10. The van der Waals surface area contributed by atoms with E-state index in [1.807, 2.05) is 17.5 Å². The Labute approximate surface area is 109 Å². The lowest BCUT2D eigenvalue weighted by Gasteiger charge is -2.18. The van der Waals surface area contributed by atoms with Crippen LogP contribution < -0.4 is 5.32 Å². The zero-order chi connectivity index (χ0) is 13.0. The Kier molecular flexibility index (Phi) is 4.44. The number of hydrogen-bond donors (Lipinski definition) is 1. The molecule has 0 aliphatic heterocycles. The van der Waals surface area contributed by atoms with Crippen molar-refractivity contribution in [2.75, 3.05) is 6.54 Å². The third kappa shape index (κ3) is 2.94. The Morgan fingerprint density at radius 1 is 1.28 bits per heavy atom. The molecule has 0 aliphatic carbocycles. The van der Waals surface area contributed by atoms with Crippen molar-refractivity contribution >= 4 is 11.3 Å². The molecule has 2 aromatic rings. The van der Waals surface area contributed by atoms with Crippen LogP contribution in [0.4, 0.5) is 8.78 Å². The molecule has 18 heavy (non-hydrogen) atoms. The van der Waals surface area contributed by atoms with Crippen molar-refractivity contribution < 1.29 is 8.78 Å². The van der Waals surface area contributed by atoms with Crippen LogP contribution in [0.3, 0.4) is 0 Å². The van der Waals surface area contributed by atoms with E-state index in [1.165, 1.54) is 12.1 Å². The molecule has 1 unspecified atom stereocenters. The quantitative estimate of drug-likeness (QED) is 0.859. The molecule has 0 spiro atoms. The lowest BCUT2D eigenvalue weighted by Crippen LogP contribution is -2.23. The first-order valence-corrected chi connectivity index (χ1v) is 6.82. The van der Waals surface area contributed by atoms with Gasteiger partial charge in [-0.3, -0.25) is 0 Å². The molecule has 1 aromatic heterocycles. The van der Waals surface area contributed by atoms with E-state index < -0.39 is 11.6 Å². The Balaban J connectivity index is 2.33. The second-order valence-corrected chi connectivity index (χ2v) is 5.05. The molecule has 1 heterocycles. The third-order valence-electron chi connectivity index (χ3n) is 2.70. The molecule has 1 atom stereocenters. The molecular formula is C14H15F2NS. The number of halogens is 2. The van der Waals surface area contributed by atoms with E-state index >= 15 is 0 Å². The average molecular weight is 267 g/mol. The van der Waals surface area contributed by atoms with Crippen LogP contribution in [0.2, 0.25) is 0 Å². The van der Waals surface area contributed by atoms with Gasteiger partial charge in [-0.1, -0.05) is 19.1 Å². The van der Waals surface area contributed by atoms with Gasteiger partial charge in [-0.05, 0) is 30.5 Å². The minimum atomic E-state index is -0.545. The number of benzene rings is 1. The van der Waals surface area contributed by atoms with Crippen LogP contribution in [0.1, 0.15) is 29.8 Å². The van der Waals surface area contributed by atoms with Gasteiger partial charge in [0.15, 0.2) is 0 Å². The first kappa shape index (κ1) is 13.2. The van der Waals surface area contributed by atoms with Crippen molar-refractivity contribution in [3.05, 3.63) is 57.8 Å². The van der Waals surface area contributed by atoms with Crippen molar-refractivity contribution in [2.45, 2.75) is 19.4 Å². The van der Waals surface area contributed by atoms with Gasteiger partial charge in [0.2, 0.25) is 0 Å². The largest absolute Gasteiger partial charge is 0.306 e. The minimum Gasteiger partial charge on any atom is -0.306 e. The van der Waals surface area contributed by atoms with Gasteiger partial charge in [0.1, 0.15) is 11.6 Å². The Bertz CT molecular complexity index is 497. The Morgan fingerprint density at radius 3 is 2.72 bits per heavy atom. The summed E-state index contributed by atoms with van der Waals surface area (Å²) < 4.78 is 26.8. The monoisotopic (exact) mass is 267 g/mol. The van der Waals surface area contributed by atoms with Crippen molar-refractivity contribution in [1.82, 2.24) is 5.32 Å². The number of hydrogen-bond acceptors (Lipinski definition) is 2. The molecule has 0 radical (unpaired) electrons. The first-order valence-electron chi connectivity index (χ1n) is 5.94. The van der Waals surface area contributed by atoms with Gasteiger partial charge in [-0.2, -0.15) is 0 Å². The lowest BCUT2D eigenvalue weighted by molar-refractivity contribution is 0.536. The van der Waals surface area contributed by atoms with Crippen LogP contribution in [0, 0.1) is 11.6 Å². The standard InChI is InChI=1S/C14H15F2NS/c1-2-7-17-14(13-4-3-8-18-13)11-6-5-10(15)9-12(11)16/h3-6,8-9,14,17H,2,7H2,1H3. The summed E-state index contributed by atoms with van der Waals surface area (Å²) in [6, 6.07) is 7.43. The maximum atomic E-state index is 13.8. The fourth-order valence-corrected chi connectivity index (χ4v) is 2.66. The van der Waals surface area contributed by atoms with Crippen LogP contribution >= 0.6 is 11.3 Å². The van der Waals surface area contributed by atoms with Gasteiger partial charge in [0.25, 0.3) is 0 Å². The van der Waals surface area contributed by atoms with Gasteiger partial charge < -0.3 is 5.32 Å². The zero-order valence-corrected chi connectivity index (χ0v) is 10.9. The van der Waals surface area contributed by atoms with E-state index in [2.05, 4.69) is 12.2 Å². The molecule has 0 bridgehead atoms. The van der Waals surface area contributed by atoms with Crippen LogP contribution in [0.15, 0.2) is 35.7 Å². The predicted octanol–water partition coefficient (Wildman–Crippen LogP) is 4.12. The van der Waals surface area contributed by atoms with E-state index in [9.17, 15) is 8.78 Å². The third-order valence-corrected chi connectivity index (χ3v) is 3.64. The highest BCUT2D eigenvalue weighted by Gasteiger charge is 2.18. The molecule has 2 rings (SSSR count). The summed E-state index contributed by atoms with van der Waals surface area (Å²) in [7, 11) is 0. The van der Waals surface area contributed by atoms with Gasteiger partial charge >= 0.3 is 0 Å². The molecule has 0 saturated carbocycles. The van der Waals surface area contributed by atoms with Crippen molar-refractivity contribution in [3.8, 4) is 0 Å². The molecule has 1 aromatic carbocycles. The zero-order valence-electron chi connectivity index (χ0n) is 10.1. The van der Waals surface area contributed by atoms with E-state index in [-0.39, 0.29) is 6.04 Å². The number of rotatable bonds is 5. The second kappa shape index (κ2) is 6.07. The van der Waals surface area contributed by atoms with Gasteiger partial charge in [-0.25, -0.2) is 8.78 Å². The van der Waals surface area contributed by atoms with Gasteiger partial charge in [-0.15, -0.1) is 11.3 Å². The summed E-state index contributed by atoms with van der Waals surface area (Å²) in [5, 5.41) is 5.25. The molecule has 1 N–H and O–H groups in total. The molecule has 1 nitrogen and oxygen atoms in total. The SMILES string of the molecule is CCCNC(c1cccs1)c1ccc(F)cc1F. The number of nitrogens with one attached hydrogen (secondary N) is 1. The molecule has 0 fully saturated rings. The van der Waals surface area contributed by atoms with Crippen LogP contribution in [0.25, 0.3) is 0 Å². The molecule has 0 amide bonds. The maximum absolute atomic E-state index is 13.8. The van der Waals surface area contributed by atoms with Gasteiger partial charge in [0.05, 0.1) is 6.04 Å². The predicted molar refractivity (Wildman–Crippen MR) is 70.8 cm³/mol. The molecule has 0 saturated heterocycles. The van der Waals surface area contributed by atoms with Crippen molar-refractivity contribution in [1.29, 1.82) is 0 Å². The summed E-state index contributed by atoms with van der Waals surface area (Å²) in [5.74, 6) is -1.05. The maximum Gasteiger partial charge on any atom is 0.131 e. The Morgan fingerprint density at radius 2 is 2.11 bits per heavy atom. The van der Waals surface area contributed by atoms with Crippen molar-refractivity contribution in [2.24, 2.45) is 0 Å². The minimum absolute atomic E-state index is 0.203.